The number of benzene rings is 1. The lowest BCUT2D eigenvalue weighted by Gasteiger charge is -2.23. The number of rotatable bonds is 6. The maximum atomic E-state index is 12.2. The number of nitrogens with zero attached hydrogens (tertiary/aromatic N) is 1. The van der Waals surface area contributed by atoms with Gasteiger partial charge >= 0.3 is 6.09 Å². The molecule has 6 heteroatoms. The minimum atomic E-state index is -0.531. The molecular formula is C19H30N4O2. The van der Waals surface area contributed by atoms with E-state index in [1.807, 2.05) is 58.0 Å². The lowest BCUT2D eigenvalue weighted by Crippen LogP contribution is -2.40. The summed E-state index contributed by atoms with van der Waals surface area (Å²) in [5.74, 6) is 0.789. The van der Waals surface area contributed by atoms with Crippen molar-refractivity contribution in [3.63, 3.8) is 0 Å². The molecule has 0 saturated heterocycles. The molecule has 138 valence electrons. The fraction of sp³-hybridized carbons (Fsp3) is 0.579. The first-order chi connectivity index (χ1) is 11.9. The van der Waals surface area contributed by atoms with Crippen LogP contribution in [0.15, 0.2) is 35.3 Å². The zero-order chi connectivity index (χ0) is 18.3. The molecule has 0 bridgehead atoms. The molecule has 0 heterocycles. The summed E-state index contributed by atoms with van der Waals surface area (Å²) < 4.78 is 5.39. The van der Waals surface area contributed by atoms with Gasteiger partial charge in [0.1, 0.15) is 5.60 Å². The molecule has 1 atom stereocenters. The third-order valence-corrected chi connectivity index (χ3v) is 3.59. The van der Waals surface area contributed by atoms with Gasteiger partial charge in [-0.05, 0) is 46.1 Å². The van der Waals surface area contributed by atoms with Gasteiger partial charge in [-0.2, -0.15) is 0 Å². The molecule has 1 saturated carbocycles. The summed E-state index contributed by atoms with van der Waals surface area (Å²) in [6, 6.07) is 10.1. The zero-order valence-corrected chi connectivity index (χ0v) is 15.6. The van der Waals surface area contributed by atoms with Crippen molar-refractivity contribution in [2.45, 2.75) is 58.2 Å². The predicted molar refractivity (Wildman–Crippen MR) is 101 cm³/mol. The summed E-state index contributed by atoms with van der Waals surface area (Å²) in [5.41, 5.74) is 0.469. The van der Waals surface area contributed by atoms with Gasteiger partial charge in [0.2, 0.25) is 0 Å². The molecule has 0 aliphatic heterocycles. The van der Waals surface area contributed by atoms with Crippen LogP contribution in [-0.4, -0.2) is 36.8 Å². The number of hydrogen-bond acceptors (Lipinski definition) is 3. The van der Waals surface area contributed by atoms with Crippen LogP contribution in [0.3, 0.4) is 0 Å². The van der Waals surface area contributed by atoms with Crippen molar-refractivity contribution in [2.24, 2.45) is 4.99 Å². The molecule has 1 aromatic rings. The van der Waals surface area contributed by atoms with Gasteiger partial charge in [-0.1, -0.05) is 30.3 Å². The van der Waals surface area contributed by atoms with Gasteiger partial charge in [0.15, 0.2) is 5.96 Å². The normalized spacial score (nSPS) is 16.1. The first kappa shape index (κ1) is 19.1. The topological polar surface area (TPSA) is 74.8 Å². The van der Waals surface area contributed by atoms with Crippen molar-refractivity contribution in [2.75, 3.05) is 13.1 Å². The maximum Gasteiger partial charge on any atom is 0.408 e. The predicted octanol–water partition coefficient (Wildman–Crippen LogP) is 2.97. The molecule has 2 rings (SSSR count). The lowest BCUT2D eigenvalue weighted by molar-refractivity contribution is 0.0505. The number of carbonyl (C=O) groups is 1. The smallest absolute Gasteiger partial charge is 0.408 e. The van der Waals surface area contributed by atoms with Crippen LogP contribution in [-0.2, 0) is 4.74 Å². The van der Waals surface area contributed by atoms with E-state index in [0.717, 1.165) is 18.1 Å². The molecule has 1 aliphatic rings. The first-order valence-electron chi connectivity index (χ1n) is 8.96. The Morgan fingerprint density at radius 2 is 1.96 bits per heavy atom. The van der Waals surface area contributed by atoms with Crippen LogP contribution in [0, 0.1) is 0 Å². The van der Waals surface area contributed by atoms with Crippen LogP contribution in [0.1, 0.15) is 52.1 Å². The van der Waals surface area contributed by atoms with Crippen LogP contribution in [0.5, 0.6) is 0 Å². The summed E-state index contributed by atoms with van der Waals surface area (Å²) >= 11 is 0. The number of carbonyl (C=O) groups excluding carboxylic acids is 1. The first-order valence-corrected chi connectivity index (χ1v) is 8.96. The minimum absolute atomic E-state index is 0.245. The van der Waals surface area contributed by atoms with E-state index < -0.39 is 11.7 Å². The number of amides is 1. The van der Waals surface area contributed by atoms with Crippen LogP contribution in [0.4, 0.5) is 4.79 Å². The van der Waals surface area contributed by atoms with E-state index in [1.165, 1.54) is 12.8 Å². The van der Waals surface area contributed by atoms with Crippen molar-refractivity contribution in [3.8, 4) is 0 Å². The second kappa shape index (κ2) is 8.74. The van der Waals surface area contributed by atoms with Crippen molar-refractivity contribution in [1.29, 1.82) is 0 Å². The van der Waals surface area contributed by atoms with E-state index in [2.05, 4.69) is 20.9 Å². The Bertz CT molecular complexity index is 577. The molecule has 25 heavy (non-hydrogen) atoms. The monoisotopic (exact) mass is 346 g/mol. The van der Waals surface area contributed by atoms with Gasteiger partial charge < -0.3 is 20.7 Å². The zero-order valence-electron chi connectivity index (χ0n) is 15.6. The third kappa shape index (κ3) is 7.45. The molecule has 0 aromatic heterocycles. The lowest BCUT2D eigenvalue weighted by atomic mass is 10.1. The van der Waals surface area contributed by atoms with E-state index in [1.54, 1.807) is 0 Å². The van der Waals surface area contributed by atoms with Crippen LogP contribution in [0.2, 0.25) is 0 Å². The maximum absolute atomic E-state index is 12.2. The van der Waals surface area contributed by atoms with Crippen LogP contribution < -0.4 is 16.0 Å². The molecule has 3 N–H and O–H groups in total. The number of alkyl carbamates (subject to hydrolysis) is 1. The van der Waals surface area contributed by atoms with Gasteiger partial charge in [-0.15, -0.1) is 0 Å². The summed E-state index contributed by atoms with van der Waals surface area (Å²) in [7, 11) is 0. The Morgan fingerprint density at radius 3 is 2.52 bits per heavy atom. The number of hydrogen-bond donors (Lipinski definition) is 3. The van der Waals surface area contributed by atoms with E-state index >= 15 is 0 Å². The quantitative estimate of drug-likeness (QED) is 0.547. The summed E-state index contributed by atoms with van der Waals surface area (Å²) in [6.07, 6.45) is 1.93. The Labute approximate surface area is 150 Å². The highest BCUT2D eigenvalue weighted by Gasteiger charge is 2.23. The molecule has 1 amide bonds. The van der Waals surface area contributed by atoms with Crippen LogP contribution in [0.25, 0.3) is 0 Å². The SMILES string of the molecule is CCNC(=NCC(NC(=O)OC(C)(C)C)c1ccccc1)NC1CC1. The summed E-state index contributed by atoms with van der Waals surface area (Å²) in [5, 5.41) is 9.56. The second-order valence-corrected chi connectivity index (χ2v) is 7.25. The van der Waals surface area contributed by atoms with Gasteiger partial charge in [-0.3, -0.25) is 4.99 Å². The van der Waals surface area contributed by atoms with Crippen molar-refractivity contribution < 1.29 is 9.53 Å². The standard InChI is InChI=1S/C19H30N4O2/c1-5-20-17(22-15-11-12-15)21-13-16(14-9-7-6-8-10-14)23-18(24)25-19(2,3)4/h6-10,15-16H,5,11-13H2,1-4H3,(H,23,24)(H2,20,21,22). The number of aliphatic imine (C=N–C) groups is 1. The van der Waals surface area contributed by atoms with Crippen LogP contribution >= 0.6 is 0 Å². The number of nitrogens with one attached hydrogen (secondary N) is 3. The number of guanidine groups is 1. The molecule has 1 fully saturated rings. The largest absolute Gasteiger partial charge is 0.444 e. The summed E-state index contributed by atoms with van der Waals surface area (Å²) in [6.45, 7) is 8.83. The van der Waals surface area contributed by atoms with E-state index in [4.69, 9.17) is 4.74 Å². The van der Waals surface area contributed by atoms with Gasteiger partial charge in [0, 0.05) is 12.6 Å². The molecule has 1 unspecified atom stereocenters. The highest BCUT2D eigenvalue weighted by Crippen LogP contribution is 2.19. The van der Waals surface area contributed by atoms with Crippen molar-refractivity contribution >= 4 is 12.1 Å². The highest BCUT2D eigenvalue weighted by atomic mass is 16.6. The van der Waals surface area contributed by atoms with Gasteiger partial charge in [-0.25, -0.2) is 4.79 Å². The molecule has 1 aromatic carbocycles. The van der Waals surface area contributed by atoms with Gasteiger partial charge in [0.25, 0.3) is 0 Å². The Hall–Kier alpha value is -2.24. The fourth-order valence-corrected chi connectivity index (χ4v) is 2.29. The minimum Gasteiger partial charge on any atom is -0.444 e. The highest BCUT2D eigenvalue weighted by molar-refractivity contribution is 5.80. The average molecular weight is 346 g/mol. The van der Waals surface area contributed by atoms with E-state index in [9.17, 15) is 4.79 Å². The van der Waals surface area contributed by atoms with E-state index in [0.29, 0.717) is 12.6 Å². The van der Waals surface area contributed by atoms with Crippen molar-refractivity contribution in [1.82, 2.24) is 16.0 Å². The van der Waals surface area contributed by atoms with Crippen molar-refractivity contribution in [3.05, 3.63) is 35.9 Å². The molecule has 0 radical (unpaired) electrons. The Morgan fingerprint density at radius 1 is 1.28 bits per heavy atom. The molecular weight excluding hydrogens is 316 g/mol. The summed E-state index contributed by atoms with van der Waals surface area (Å²) in [4.78, 5) is 16.8. The van der Waals surface area contributed by atoms with E-state index in [-0.39, 0.29) is 6.04 Å². The molecule has 6 nitrogen and oxygen atoms in total. The Balaban J connectivity index is 2.06. The molecule has 1 aliphatic carbocycles. The number of ether oxygens (including phenoxy) is 1. The Kier molecular flexibility index (Phi) is 6.67. The molecule has 0 spiro atoms. The fourth-order valence-electron chi connectivity index (χ4n) is 2.29. The van der Waals surface area contributed by atoms with Gasteiger partial charge in [0.05, 0.1) is 12.6 Å². The second-order valence-electron chi connectivity index (χ2n) is 7.25. The third-order valence-electron chi connectivity index (χ3n) is 3.59. The average Bonchev–Trinajstić information content (AvgIpc) is 3.34.